The summed E-state index contributed by atoms with van der Waals surface area (Å²) in [4.78, 5) is 3.68. The summed E-state index contributed by atoms with van der Waals surface area (Å²) in [5.74, 6) is 0.317. The van der Waals surface area contributed by atoms with Crippen LogP contribution in [0.3, 0.4) is 0 Å². The van der Waals surface area contributed by atoms with Crippen molar-refractivity contribution in [2.75, 3.05) is 13.0 Å². The molecule has 0 radical (unpaired) electrons. The van der Waals surface area contributed by atoms with E-state index in [1.807, 2.05) is 0 Å². The normalized spacial score (nSPS) is 26.6. The van der Waals surface area contributed by atoms with Crippen molar-refractivity contribution in [1.82, 2.24) is 5.32 Å². The maximum absolute atomic E-state index is 7.54. The number of ether oxygens (including phenoxy) is 1. The standard InChI is InChI=1S/C11H12Cl2N2O/c1-7(11-14-5-6-15-11)16-10-8(12)3-2-4-9(10)13/h2-4,7H,5-6H2,1H3,(H,14,15)/i5D2,6D2. The predicted molar refractivity (Wildman–Crippen MR) is 66.9 cm³/mol. The van der Waals surface area contributed by atoms with Crippen LogP contribution in [0.25, 0.3) is 0 Å². The lowest BCUT2D eigenvalue weighted by atomic mass is 10.3. The first-order valence-corrected chi connectivity index (χ1v) is 5.38. The molecule has 0 aliphatic carbocycles. The van der Waals surface area contributed by atoms with Crippen LogP contribution < -0.4 is 10.1 Å². The zero-order chi connectivity index (χ0) is 15.1. The van der Waals surface area contributed by atoms with Gasteiger partial charge in [-0.3, -0.25) is 4.99 Å². The van der Waals surface area contributed by atoms with Crippen molar-refractivity contribution in [3.8, 4) is 5.75 Å². The molecule has 1 aromatic carbocycles. The molecule has 0 amide bonds. The van der Waals surface area contributed by atoms with E-state index in [0.717, 1.165) is 0 Å². The summed E-state index contributed by atoms with van der Waals surface area (Å²) in [5, 5.41) is 3.00. The third-order valence-electron chi connectivity index (χ3n) is 2.02. The number of halogens is 2. The first kappa shape index (κ1) is 7.41. The van der Waals surface area contributed by atoms with Gasteiger partial charge in [-0.1, -0.05) is 29.3 Å². The monoisotopic (exact) mass is 262 g/mol. The molecule has 86 valence electrons. The number of rotatable bonds is 3. The highest BCUT2D eigenvalue weighted by atomic mass is 35.5. The summed E-state index contributed by atoms with van der Waals surface area (Å²) >= 11 is 11.9. The number of hydrogen-bond acceptors (Lipinski definition) is 3. The van der Waals surface area contributed by atoms with Gasteiger partial charge in [0.05, 0.1) is 22.0 Å². The lowest BCUT2D eigenvalue weighted by Gasteiger charge is -2.16. The lowest BCUT2D eigenvalue weighted by molar-refractivity contribution is 0.284. The molecule has 3 nitrogen and oxygen atoms in total. The molecule has 0 spiro atoms. The second-order valence-corrected chi connectivity index (χ2v) is 3.98. The minimum atomic E-state index is -2.36. The van der Waals surface area contributed by atoms with E-state index in [1.54, 1.807) is 25.1 Å². The van der Waals surface area contributed by atoms with Gasteiger partial charge >= 0.3 is 0 Å². The molecule has 16 heavy (non-hydrogen) atoms. The van der Waals surface area contributed by atoms with Gasteiger partial charge in [0.15, 0.2) is 11.9 Å². The van der Waals surface area contributed by atoms with Crippen molar-refractivity contribution >= 4 is 29.0 Å². The third kappa shape index (κ3) is 2.42. The topological polar surface area (TPSA) is 33.6 Å². The van der Waals surface area contributed by atoms with E-state index in [1.165, 1.54) is 0 Å². The summed E-state index contributed by atoms with van der Waals surface area (Å²) in [6.07, 6.45) is -0.722. The molecular formula is C11H12Cl2N2O. The van der Waals surface area contributed by atoms with Crippen LogP contribution in [-0.4, -0.2) is 24.9 Å². The van der Waals surface area contributed by atoms with Gasteiger partial charge in [0.1, 0.15) is 5.84 Å². The Labute approximate surface area is 110 Å². The maximum atomic E-state index is 7.54. The van der Waals surface area contributed by atoms with E-state index < -0.39 is 19.1 Å². The highest BCUT2D eigenvalue weighted by Gasteiger charge is 2.17. The van der Waals surface area contributed by atoms with Gasteiger partial charge in [-0.05, 0) is 19.1 Å². The Morgan fingerprint density at radius 2 is 2.19 bits per heavy atom. The molecule has 2 rings (SSSR count). The molecule has 1 heterocycles. The van der Waals surface area contributed by atoms with Crippen LogP contribution >= 0.6 is 23.2 Å². The average molecular weight is 263 g/mol. The first-order valence-electron chi connectivity index (χ1n) is 6.63. The summed E-state index contributed by atoms with van der Waals surface area (Å²) in [6, 6.07) is 4.89. The Morgan fingerprint density at radius 3 is 2.75 bits per heavy atom. The molecule has 1 atom stereocenters. The van der Waals surface area contributed by atoms with Crippen LogP contribution in [-0.2, 0) is 0 Å². The number of para-hydroxylation sites is 1. The zero-order valence-corrected chi connectivity index (χ0v) is 9.93. The zero-order valence-electron chi connectivity index (χ0n) is 12.4. The number of nitrogens with one attached hydrogen (secondary N) is 1. The summed E-state index contributed by atoms with van der Waals surface area (Å²) in [5.41, 5.74) is 0. The van der Waals surface area contributed by atoms with Crippen molar-refractivity contribution in [1.29, 1.82) is 0 Å². The third-order valence-corrected chi connectivity index (χ3v) is 2.62. The number of aliphatic imine (C=N–C) groups is 1. The second kappa shape index (κ2) is 4.93. The van der Waals surface area contributed by atoms with Gasteiger partial charge in [-0.15, -0.1) is 0 Å². The summed E-state index contributed by atoms with van der Waals surface area (Å²) in [7, 11) is 0. The van der Waals surface area contributed by atoms with Crippen LogP contribution in [0.4, 0.5) is 0 Å². The van der Waals surface area contributed by atoms with Crippen LogP contribution in [0.15, 0.2) is 23.2 Å². The molecular weight excluding hydrogens is 247 g/mol. The minimum Gasteiger partial charge on any atom is -0.480 e. The Morgan fingerprint density at radius 1 is 1.50 bits per heavy atom. The van der Waals surface area contributed by atoms with E-state index in [4.69, 9.17) is 33.4 Å². The first-order chi connectivity index (χ1) is 9.14. The van der Waals surface area contributed by atoms with Gasteiger partial charge < -0.3 is 10.1 Å². The average Bonchev–Trinajstić information content (AvgIpc) is 2.53. The SMILES string of the molecule is [2H]C1([2H])N=C(C(C)Oc2c(Cl)cccc2Cl)NC1([2H])[2H]. The Kier molecular flexibility index (Phi) is 2.28. The number of hydrogen-bond donors (Lipinski definition) is 1. The smallest absolute Gasteiger partial charge is 0.157 e. The van der Waals surface area contributed by atoms with E-state index in [9.17, 15) is 0 Å². The van der Waals surface area contributed by atoms with E-state index in [2.05, 4.69) is 10.3 Å². The Bertz CT molecular complexity index is 545. The molecule has 1 N–H and O–H groups in total. The molecule has 1 aliphatic heterocycles. The lowest BCUT2D eigenvalue weighted by Crippen LogP contribution is -2.33. The number of benzene rings is 1. The van der Waals surface area contributed by atoms with Crippen molar-refractivity contribution in [2.24, 2.45) is 4.99 Å². The van der Waals surface area contributed by atoms with Gasteiger partial charge in [0, 0.05) is 6.50 Å². The molecule has 0 saturated heterocycles. The molecule has 1 unspecified atom stereocenters. The minimum absolute atomic E-state index is 0.0657. The number of amidine groups is 1. The summed E-state index contributed by atoms with van der Waals surface area (Å²) in [6.45, 7) is -3.04. The quantitative estimate of drug-likeness (QED) is 0.909. The fourth-order valence-corrected chi connectivity index (χ4v) is 1.71. The van der Waals surface area contributed by atoms with E-state index in [0.29, 0.717) is 10.0 Å². The Balaban J connectivity index is 2.21. The van der Waals surface area contributed by atoms with Gasteiger partial charge in [0.2, 0.25) is 0 Å². The van der Waals surface area contributed by atoms with Crippen molar-refractivity contribution in [2.45, 2.75) is 13.0 Å². The number of nitrogens with zero attached hydrogens (tertiary/aromatic N) is 1. The largest absolute Gasteiger partial charge is 0.480 e. The molecule has 0 bridgehead atoms. The van der Waals surface area contributed by atoms with E-state index >= 15 is 0 Å². The van der Waals surface area contributed by atoms with Gasteiger partial charge in [0.25, 0.3) is 0 Å². The molecule has 0 aromatic heterocycles. The van der Waals surface area contributed by atoms with Crippen molar-refractivity contribution < 1.29 is 10.2 Å². The molecule has 5 heteroatoms. The summed E-state index contributed by atoms with van der Waals surface area (Å²) < 4.78 is 35.6. The van der Waals surface area contributed by atoms with E-state index in [-0.39, 0.29) is 11.6 Å². The molecule has 0 fully saturated rings. The predicted octanol–water partition coefficient (Wildman–Crippen LogP) is 2.76. The van der Waals surface area contributed by atoms with Gasteiger partial charge in [-0.25, -0.2) is 0 Å². The highest BCUT2D eigenvalue weighted by Crippen LogP contribution is 2.33. The van der Waals surface area contributed by atoms with Crippen molar-refractivity contribution in [3.63, 3.8) is 0 Å². The maximum Gasteiger partial charge on any atom is 0.157 e. The molecule has 1 aliphatic rings. The second-order valence-electron chi connectivity index (χ2n) is 3.17. The fourth-order valence-electron chi connectivity index (χ4n) is 1.23. The van der Waals surface area contributed by atoms with Crippen LogP contribution in [0.2, 0.25) is 10.0 Å². The van der Waals surface area contributed by atoms with Crippen molar-refractivity contribution in [3.05, 3.63) is 28.2 Å². The Hall–Kier alpha value is -0.930. The highest BCUT2D eigenvalue weighted by molar-refractivity contribution is 6.37. The van der Waals surface area contributed by atoms with Crippen LogP contribution in [0.1, 0.15) is 12.4 Å². The molecule has 1 aromatic rings. The molecule has 0 saturated carbocycles. The van der Waals surface area contributed by atoms with Crippen LogP contribution in [0, 0.1) is 0 Å². The van der Waals surface area contributed by atoms with Gasteiger partial charge in [-0.2, -0.15) is 0 Å². The van der Waals surface area contributed by atoms with Crippen LogP contribution in [0.5, 0.6) is 5.75 Å². The fraction of sp³-hybridized carbons (Fsp3) is 0.364.